The Balaban J connectivity index is 2.27. The predicted molar refractivity (Wildman–Crippen MR) is 53.0 cm³/mol. The third-order valence-corrected chi connectivity index (χ3v) is 1.96. The van der Waals surface area contributed by atoms with Crippen molar-refractivity contribution in [1.29, 1.82) is 0 Å². The molecule has 4 nitrogen and oxygen atoms in total. The number of hydrogen-bond acceptors (Lipinski definition) is 3. The van der Waals surface area contributed by atoms with Crippen molar-refractivity contribution in [3.63, 3.8) is 0 Å². The van der Waals surface area contributed by atoms with E-state index in [2.05, 4.69) is 5.10 Å². The maximum absolute atomic E-state index is 11.4. The van der Waals surface area contributed by atoms with E-state index < -0.39 is 0 Å². The van der Waals surface area contributed by atoms with Gasteiger partial charge in [-0.2, -0.15) is 5.10 Å². The first-order valence-electron chi connectivity index (χ1n) is 4.70. The average molecular weight is 196 g/mol. The van der Waals surface area contributed by atoms with Crippen molar-refractivity contribution < 1.29 is 9.53 Å². The summed E-state index contributed by atoms with van der Waals surface area (Å²) in [6, 6.07) is 0. The number of ether oxygens (including phenoxy) is 1. The molecule has 0 atom stereocenters. The van der Waals surface area contributed by atoms with Gasteiger partial charge in [0, 0.05) is 39.8 Å². The van der Waals surface area contributed by atoms with E-state index in [1.54, 1.807) is 18.0 Å². The molecule has 14 heavy (non-hydrogen) atoms. The molecule has 0 aliphatic carbocycles. The molecule has 0 spiro atoms. The Hall–Kier alpha value is -1.16. The van der Waals surface area contributed by atoms with Crippen LogP contribution in [0.25, 0.3) is 0 Å². The monoisotopic (exact) mass is 196 g/mol. The van der Waals surface area contributed by atoms with Crippen molar-refractivity contribution in [3.8, 4) is 0 Å². The van der Waals surface area contributed by atoms with Gasteiger partial charge in [0.2, 0.25) is 0 Å². The molecule has 0 amide bonds. The molecule has 1 heterocycles. The summed E-state index contributed by atoms with van der Waals surface area (Å²) < 4.78 is 6.58. The number of ketones is 1. The van der Waals surface area contributed by atoms with Gasteiger partial charge in [0.15, 0.2) is 0 Å². The molecule has 1 aromatic heterocycles. The van der Waals surface area contributed by atoms with Gasteiger partial charge in [-0.3, -0.25) is 9.48 Å². The molecule has 0 unspecified atom stereocenters. The minimum absolute atomic E-state index is 0.245. The number of carbonyl (C=O) groups excluding carboxylic acids is 1. The van der Waals surface area contributed by atoms with Crippen molar-refractivity contribution in [1.82, 2.24) is 9.78 Å². The van der Waals surface area contributed by atoms with Gasteiger partial charge < -0.3 is 4.74 Å². The minimum Gasteiger partial charge on any atom is -0.385 e. The molecule has 0 fully saturated rings. The first-order valence-corrected chi connectivity index (χ1v) is 4.70. The van der Waals surface area contributed by atoms with Crippen LogP contribution < -0.4 is 0 Å². The van der Waals surface area contributed by atoms with Crippen LogP contribution in [-0.4, -0.2) is 29.3 Å². The fourth-order valence-corrected chi connectivity index (χ4v) is 1.29. The number of methoxy groups -OCH3 is 1. The molecule has 4 heteroatoms. The van der Waals surface area contributed by atoms with Gasteiger partial charge in [-0.25, -0.2) is 0 Å². The van der Waals surface area contributed by atoms with E-state index in [4.69, 9.17) is 4.74 Å². The van der Waals surface area contributed by atoms with E-state index in [-0.39, 0.29) is 5.78 Å². The molecule has 0 aliphatic heterocycles. The minimum atomic E-state index is 0.245. The van der Waals surface area contributed by atoms with E-state index in [0.717, 1.165) is 12.0 Å². The van der Waals surface area contributed by atoms with Crippen molar-refractivity contribution in [3.05, 3.63) is 18.0 Å². The highest BCUT2D eigenvalue weighted by Crippen LogP contribution is 2.02. The number of carbonyl (C=O) groups is 1. The second-order valence-corrected chi connectivity index (χ2v) is 3.33. The van der Waals surface area contributed by atoms with Crippen LogP contribution in [0.3, 0.4) is 0 Å². The lowest BCUT2D eigenvalue weighted by Crippen LogP contribution is -2.03. The Morgan fingerprint density at radius 1 is 1.64 bits per heavy atom. The Labute approximate surface area is 83.9 Å². The molecule has 0 N–H and O–H groups in total. The largest absolute Gasteiger partial charge is 0.385 e. The fourth-order valence-electron chi connectivity index (χ4n) is 1.29. The van der Waals surface area contributed by atoms with Crippen molar-refractivity contribution >= 4 is 5.78 Å². The summed E-state index contributed by atoms with van der Waals surface area (Å²) in [5.41, 5.74) is 0.981. The molecule has 1 rings (SSSR count). The van der Waals surface area contributed by atoms with E-state index in [1.807, 2.05) is 13.2 Å². The molecule has 0 bridgehead atoms. The van der Waals surface area contributed by atoms with Crippen LogP contribution in [0.5, 0.6) is 0 Å². The van der Waals surface area contributed by atoms with Crippen molar-refractivity contribution in [2.45, 2.75) is 19.3 Å². The lowest BCUT2D eigenvalue weighted by Gasteiger charge is -1.98. The van der Waals surface area contributed by atoms with Crippen molar-refractivity contribution in [2.24, 2.45) is 7.05 Å². The summed E-state index contributed by atoms with van der Waals surface area (Å²) in [5.74, 6) is 0.245. The first-order chi connectivity index (χ1) is 6.72. The van der Waals surface area contributed by atoms with Crippen LogP contribution in [0.2, 0.25) is 0 Å². The van der Waals surface area contributed by atoms with Crippen LogP contribution in [0.4, 0.5) is 0 Å². The van der Waals surface area contributed by atoms with E-state index in [0.29, 0.717) is 19.4 Å². The molecule has 0 aliphatic rings. The van der Waals surface area contributed by atoms with Gasteiger partial charge in [-0.05, 0) is 12.0 Å². The summed E-state index contributed by atoms with van der Waals surface area (Å²) in [6.07, 6.45) is 5.47. The topological polar surface area (TPSA) is 44.1 Å². The Kier molecular flexibility index (Phi) is 4.32. The highest BCUT2D eigenvalue weighted by molar-refractivity contribution is 5.80. The summed E-state index contributed by atoms with van der Waals surface area (Å²) in [5, 5.41) is 4.01. The highest BCUT2D eigenvalue weighted by Gasteiger charge is 2.04. The first kappa shape index (κ1) is 10.9. The van der Waals surface area contributed by atoms with Crippen LogP contribution in [0.1, 0.15) is 18.4 Å². The Morgan fingerprint density at radius 2 is 2.43 bits per heavy atom. The van der Waals surface area contributed by atoms with Crippen LogP contribution in [0.15, 0.2) is 12.4 Å². The van der Waals surface area contributed by atoms with Crippen LogP contribution in [0, 0.1) is 0 Å². The van der Waals surface area contributed by atoms with E-state index >= 15 is 0 Å². The lowest BCUT2D eigenvalue weighted by molar-refractivity contribution is -0.118. The predicted octanol–water partition coefficient (Wildman–Crippen LogP) is 0.958. The molecule has 0 saturated carbocycles. The van der Waals surface area contributed by atoms with E-state index in [9.17, 15) is 4.79 Å². The number of aromatic nitrogens is 2. The molecule has 0 aromatic carbocycles. The lowest BCUT2D eigenvalue weighted by atomic mass is 10.1. The number of hydrogen-bond donors (Lipinski definition) is 0. The number of Topliss-reactive ketones (excluding diaryl/α,β-unsaturated/α-hetero) is 1. The second-order valence-electron chi connectivity index (χ2n) is 3.33. The maximum Gasteiger partial charge on any atom is 0.137 e. The smallest absolute Gasteiger partial charge is 0.137 e. The average Bonchev–Trinajstić information content (AvgIpc) is 2.52. The van der Waals surface area contributed by atoms with Crippen LogP contribution in [-0.2, 0) is 23.0 Å². The highest BCUT2D eigenvalue weighted by atomic mass is 16.5. The SMILES string of the molecule is COCCCC(=O)Cc1cnn(C)c1. The van der Waals surface area contributed by atoms with Gasteiger partial charge in [0.05, 0.1) is 6.20 Å². The Morgan fingerprint density at radius 3 is 3.00 bits per heavy atom. The number of aryl methyl sites for hydroxylation is 1. The van der Waals surface area contributed by atoms with Crippen molar-refractivity contribution in [2.75, 3.05) is 13.7 Å². The van der Waals surface area contributed by atoms with Gasteiger partial charge >= 0.3 is 0 Å². The summed E-state index contributed by atoms with van der Waals surface area (Å²) in [4.78, 5) is 11.4. The standard InChI is InChI=1S/C10H16N2O2/c1-12-8-9(7-11-12)6-10(13)4-3-5-14-2/h7-8H,3-6H2,1-2H3. The van der Waals surface area contributed by atoms with Gasteiger partial charge in [0.25, 0.3) is 0 Å². The molecule has 78 valence electrons. The molecular weight excluding hydrogens is 180 g/mol. The van der Waals surface area contributed by atoms with E-state index in [1.165, 1.54) is 0 Å². The zero-order valence-electron chi connectivity index (χ0n) is 8.69. The Bertz CT molecular complexity index is 294. The number of nitrogens with zero attached hydrogens (tertiary/aromatic N) is 2. The summed E-state index contributed by atoms with van der Waals surface area (Å²) >= 11 is 0. The zero-order chi connectivity index (χ0) is 10.4. The third kappa shape index (κ3) is 3.70. The molecular formula is C10H16N2O2. The maximum atomic E-state index is 11.4. The number of rotatable bonds is 6. The fraction of sp³-hybridized carbons (Fsp3) is 0.600. The van der Waals surface area contributed by atoms with Gasteiger partial charge in [-0.15, -0.1) is 0 Å². The second kappa shape index (κ2) is 5.54. The zero-order valence-corrected chi connectivity index (χ0v) is 8.69. The van der Waals surface area contributed by atoms with Crippen LogP contribution >= 0.6 is 0 Å². The molecule has 1 aromatic rings. The molecule has 0 radical (unpaired) electrons. The molecule has 0 saturated heterocycles. The van der Waals surface area contributed by atoms with Gasteiger partial charge in [-0.1, -0.05) is 0 Å². The summed E-state index contributed by atoms with van der Waals surface area (Å²) in [7, 11) is 3.49. The third-order valence-electron chi connectivity index (χ3n) is 1.96. The normalized spacial score (nSPS) is 10.4. The van der Waals surface area contributed by atoms with Gasteiger partial charge in [0.1, 0.15) is 5.78 Å². The summed E-state index contributed by atoms with van der Waals surface area (Å²) in [6.45, 7) is 0.652. The quantitative estimate of drug-likeness (QED) is 0.636.